The summed E-state index contributed by atoms with van der Waals surface area (Å²) in [5, 5.41) is 4.12. The van der Waals surface area contributed by atoms with E-state index in [1.165, 1.54) is 21.3 Å². The van der Waals surface area contributed by atoms with Crippen molar-refractivity contribution in [2.45, 2.75) is 39.4 Å². The van der Waals surface area contributed by atoms with Gasteiger partial charge in [-0.3, -0.25) is 19.1 Å². The molecule has 0 atom stereocenters. The lowest BCUT2D eigenvalue weighted by atomic mass is 10.1. The van der Waals surface area contributed by atoms with E-state index in [1.807, 2.05) is 25.1 Å². The molecule has 0 aliphatic carbocycles. The highest BCUT2D eigenvalue weighted by Gasteiger charge is 2.21. The molecule has 1 N–H and O–H groups in total. The van der Waals surface area contributed by atoms with Crippen LogP contribution >= 0.6 is 11.3 Å². The first-order valence-corrected chi connectivity index (χ1v) is 11.9. The SMILES string of the molecule is Cc1cccc2c(=O)n(CCC(=O)Nc3nc4c(s3)CN(Cc3ccccc3)CC4)cnc12. The Labute approximate surface area is 195 Å². The number of carbonyl (C=O) groups is 1. The number of aromatic nitrogens is 3. The summed E-state index contributed by atoms with van der Waals surface area (Å²) in [6.45, 7) is 4.91. The van der Waals surface area contributed by atoms with E-state index in [9.17, 15) is 9.59 Å². The van der Waals surface area contributed by atoms with E-state index in [0.717, 1.165) is 37.3 Å². The molecule has 0 saturated carbocycles. The van der Waals surface area contributed by atoms with Gasteiger partial charge in [0.2, 0.25) is 5.91 Å². The van der Waals surface area contributed by atoms with Gasteiger partial charge in [-0.05, 0) is 24.1 Å². The number of para-hydroxylation sites is 1. The molecule has 0 unspecified atom stereocenters. The highest BCUT2D eigenvalue weighted by atomic mass is 32.1. The average Bonchev–Trinajstić information content (AvgIpc) is 3.21. The predicted molar refractivity (Wildman–Crippen MR) is 130 cm³/mol. The van der Waals surface area contributed by atoms with Crippen molar-refractivity contribution in [3.63, 3.8) is 0 Å². The van der Waals surface area contributed by atoms with Crippen LogP contribution < -0.4 is 10.9 Å². The second kappa shape index (κ2) is 9.25. The summed E-state index contributed by atoms with van der Waals surface area (Å²) in [6, 6.07) is 16.0. The number of hydrogen-bond donors (Lipinski definition) is 1. The van der Waals surface area contributed by atoms with Gasteiger partial charge in [-0.25, -0.2) is 9.97 Å². The van der Waals surface area contributed by atoms with Gasteiger partial charge in [0.25, 0.3) is 5.56 Å². The number of nitrogens with one attached hydrogen (secondary N) is 1. The van der Waals surface area contributed by atoms with Crippen LogP contribution in [-0.2, 0) is 30.8 Å². The zero-order valence-electron chi connectivity index (χ0n) is 18.5. The third-order valence-electron chi connectivity index (χ3n) is 5.94. The summed E-state index contributed by atoms with van der Waals surface area (Å²) in [5.41, 5.74) is 3.92. The van der Waals surface area contributed by atoms with Crippen molar-refractivity contribution in [3.05, 3.63) is 86.9 Å². The molecule has 8 heteroatoms. The normalized spacial score (nSPS) is 13.7. The van der Waals surface area contributed by atoms with Crippen LogP contribution in [-0.4, -0.2) is 31.9 Å². The summed E-state index contributed by atoms with van der Waals surface area (Å²) in [7, 11) is 0. The van der Waals surface area contributed by atoms with Crippen LogP contribution in [0.15, 0.2) is 59.7 Å². The molecular formula is C25H25N5O2S. The predicted octanol–water partition coefficient (Wildman–Crippen LogP) is 3.75. The topological polar surface area (TPSA) is 80.1 Å². The highest BCUT2D eigenvalue weighted by Crippen LogP contribution is 2.29. The van der Waals surface area contributed by atoms with Crippen molar-refractivity contribution in [2.24, 2.45) is 0 Å². The van der Waals surface area contributed by atoms with E-state index < -0.39 is 0 Å². The van der Waals surface area contributed by atoms with Gasteiger partial charge >= 0.3 is 0 Å². The minimum atomic E-state index is -0.154. The van der Waals surface area contributed by atoms with Gasteiger partial charge in [-0.1, -0.05) is 42.5 Å². The lowest BCUT2D eigenvalue weighted by Gasteiger charge is -2.25. The van der Waals surface area contributed by atoms with E-state index in [-0.39, 0.29) is 24.4 Å². The molecule has 3 heterocycles. The molecule has 7 nitrogen and oxygen atoms in total. The van der Waals surface area contributed by atoms with Crippen LogP contribution in [0.1, 0.15) is 28.1 Å². The number of thiazole rings is 1. The molecule has 1 aliphatic rings. The molecular weight excluding hydrogens is 434 g/mol. The second-order valence-electron chi connectivity index (χ2n) is 8.35. The van der Waals surface area contributed by atoms with Crippen molar-refractivity contribution >= 4 is 33.3 Å². The van der Waals surface area contributed by atoms with Gasteiger partial charge in [0.1, 0.15) is 0 Å². The van der Waals surface area contributed by atoms with Crippen LogP contribution in [0.25, 0.3) is 10.9 Å². The molecule has 0 spiro atoms. The molecule has 1 aliphatic heterocycles. The van der Waals surface area contributed by atoms with Gasteiger partial charge in [0.05, 0.1) is 22.9 Å². The van der Waals surface area contributed by atoms with Gasteiger partial charge in [-0.15, -0.1) is 11.3 Å². The Kier molecular flexibility index (Phi) is 6.02. The number of aryl methyl sites for hydroxylation is 2. The number of nitrogens with zero attached hydrogens (tertiary/aromatic N) is 4. The van der Waals surface area contributed by atoms with Crippen LogP contribution in [0.3, 0.4) is 0 Å². The first-order valence-electron chi connectivity index (χ1n) is 11.1. The molecule has 1 amide bonds. The zero-order chi connectivity index (χ0) is 22.8. The van der Waals surface area contributed by atoms with Crippen molar-refractivity contribution in [3.8, 4) is 0 Å². The molecule has 33 heavy (non-hydrogen) atoms. The molecule has 2 aromatic heterocycles. The molecule has 0 fully saturated rings. The zero-order valence-corrected chi connectivity index (χ0v) is 19.3. The number of hydrogen-bond acceptors (Lipinski definition) is 6. The summed E-state index contributed by atoms with van der Waals surface area (Å²) in [5.74, 6) is -0.154. The Morgan fingerprint density at radius 1 is 1.15 bits per heavy atom. The summed E-state index contributed by atoms with van der Waals surface area (Å²) >= 11 is 1.54. The number of benzene rings is 2. The fraction of sp³-hybridized carbons (Fsp3) is 0.280. The van der Waals surface area contributed by atoms with Gasteiger partial charge in [0.15, 0.2) is 5.13 Å². The molecule has 0 radical (unpaired) electrons. The van der Waals surface area contributed by atoms with Crippen LogP contribution in [0.4, 0.5) is 5.13 Å². The Morgan fingerprint density at radius 2 is 2.00 bits per heavy atom. The minimum absolute atomic E-state index is 0.125. The number of carbonyl (C=O) groups excluding carboxylic acids is 1. The van der Waals surface area contributed by atoms with E-state index in [2.05, 4.69) is 44.5 Å². The fourth-order valence-corrected chi connectivity index (χ4v) is 5.25. The monoisotopic (exact) mass is 459 g/mol. The Hall–Kier alpha value is -3.36. The quantitative estimate of drug-likeness (QED) is 0.475. The number of fused-ring (bicyclic) bond motifs is 2. The fourth-order valence-electron chi connectivity index (χ4n) is 4.18. The van der Waals surface area contributed by atoms with Crippen molar-refractivity contribution in [2.75, 3.05) is 11.9 Å². The summed E-state index contributed by atoms with van der Waals surface area (Å²) in [4.78, 5) is 37.9. The molecule has 0 saturated heterocycles. The lowest BCUT2D eigenvalue weighted by Crippen LogP contribution is -2.29. The van der Waals surface area contributed by atoms with Crippen molar-refractivity contribution in [1.82, 2.24) is 19.4 Å². The first kappa shape index (κ1) is 21.5. The second-order valence-corrected chi connectivity index (χ2v) is 9.43. The van der Waals surface area contributed by atoms with E-state index >= 15 is 0 Å². The largest absolute Gasteiger partial charge is 0.302 e. The molecule has 2 aromatic carbocycles. The maximum absolute atomic E-state index is 12.7. The Morgan fingerprint density at radius 3 is 2.85 bits per heavy atom. The smallest absolute Gasteiger partial charge is 0.261 e. The number of amides is 1. The first-order chi connectivity index (χ1) is 16.1. The number of rotatable bonds is 6. The van der Waals surface area contributed by atoms with Crippen LogP contribution in [0.2, 0.25) is 0 Å². The van der Waals surface area contributed by atoms with Gasteiger partial charge in [-0.2, -0.15) is 0 Å². The van der Waals surface area contributed by atoms with E-state index in [1.54, 1.807) is 17.4 Å². The summed E-state index contributed by atoms with van der Waals surface area (Å²) < 4.78 is 1.50. The Bertz CT molecular complexity index is 1360. The van der Waals surface area contributed by atoms with Crippen LogP contribution in [0, 0.1) is 6.92 Å². The maximum atomic E-state index is 12.7. The molecule has 4 aromatic rings. The molecule has 168 valence electrons. The average molecular weight is 460 g/mol. The number of anilines is 1. The Balaban J connectivity index is 1.20. The molecule has 0 bridgehead atoms. The molecule has 5 rings (SSSR count). The third-order valence-corrected chi connectivity index (χ3v) is 6.94. The lowest BCUT2D eigenvalue weighted by molar-refractivity contribution is -0.116. The van der Waals surface area contributed by atoms with Gasteiger partial charge in [0, 0.05) is 43.9 Å². The third kappa shape index (κ3) is 4.72. The van der Waals surface area contributed by atoms with Crippen molar-refractivity contribution in [1.29, 1.82) is 0 Å². The van der Waals surface area contributed by atoms with E-state index in [0.29, 0.717) is 16.0 Å². The van der Waals surface area contributed by atoms with Crippen LogP contribution in [0.5, 0.6) is 0 Å². The van der Waals surface area contributed by atoms with Gasteiger partial charge < -0.3 is 5.32 Å². The standard InChI is InChI=1S/C25H25N5O2S/c1-17-6-5-9-19-23(17)26-16-30(24(19)32)13-11-22(31)28-25-27-20-10-12-29(15-21(20)33-25)14-18-7-3-2-4-8-18/h2-9,16H,10-15H2,1H3,(H,27,28,31). The summed E-state index contributed by atoms with van der Waals surface area (Å²) in [6.07, 6.45) is 2.59. The van der Waals surface area contributed by atoms with Crippen molar-refractivity contribution < 1.29 is 4.79 Å². The highest BCUT2D eigenvalue weighted by molar-refractivity contribution is 7.15. The maximum Gasteiger partial charge on any atom is 0.261 e. The minimum Gasteiger partial charge on any atom is -0.302 e. The van der Waals surface area contributed by atoms with E-state index in [4.69, 9.17) is 0 Å².